The number of piperazine rings is 1. The fraction of sp³-hybridized carbons (Fsp3) is 0.587. The number of ether oxygens (including phenoxy) is 1. The van der Waals surface area contributed by atoms with Gasteiger partial charge < -0.3 is 34.8 Å². The number of hydrogen-bond donors (Lipinski definition) is 3. The zero-order valence-corrected chi connectivity index (χ0v) is 35.7. The van der Waals surface area contributed by atoms with Gasteiger partial charge >= 0.3 is 0 Å². The molecular weight excluding hydrogens is 776 g/mol. The summed E-state index contributed by atoms with van der Waals surface area (Å²) in [5.74, 6) is 2.11. The molecular formula is C46H59FN10O4. The second-order valence-corrected chi connectivity index (χ2v) is 19.2. The van der Waals surface area contributed by atoms with Crippen molar-refractivity contribution >= 4 is 34.2 Å². The summed E-state index contributed by atoms with van der Waals surface area (Å²) < 4.78 is 22.3. The molecule has 6 aliphatic rings. The fourth-order valence-electron chi connectivity index (χ4n) is 10.7. The molecule has 7 heterocycles. The van der Waals surface area contributed by atoms with Gasteiger partial charge in [0.25, 0.3) is 5.91 Å². The summed E-state index contributed by atoms with van der Waals surface area (Å²) in [4.78, 5) is 45.7. The van der Waals surface area contributed by atoms with Crippen LogP contribution in [0.4, 0.5) is 15.9 Å². The molecule has 61 heavy (non-hydrogen) atoms. The number of nitrogens with zero attached hydrogens (tertiary/aromatic N) is 8. The van der Waals surface area contributed by atoms with Crippen LogP contribution in [0.25, 0.3) is 22.3 Å². The van der Waals surface area contributed by atoms with Crippen molar-refractivity contribution in [2.45, 2.75) is 102 Å². The Morgan fingerprint density at radius 1 is 0.918 bits per heavy atom. The Bertz CT molecular complexity index is 2290. The predicted octanol–water partition coefficient (Wildman–Crippen LogP) is 5.17. The first-order valence-corrected chi connectivity index (χ1v) is 22.5. The van der Waals surface area contributed by atoms with Crippen LogP contribution in [0.2, 0.25) is 0 Å². The second-order valence-electron chi connectivity index (χ2n) is 19.2. The summed E-state index contributed by atoms with van der Waals surface area (Å²) in [5, 5.41) is 21.8. The highest BCUT2D eigenvalue weighted by molar-refractivity contribution is 5.99. The number of carbonyl (C=O) groups excluding carboxylic acids is 2. The molecule has 15 heteroatoms. The predicted molar refractivity (Wildman–Crippen MR) is 231 cm³/mol. The number of H-pyrrole nitrogens is 1. The lowest BCUT2D eigenvalue weighted by atomic mass is 9.78. The molecule has 2 unspecified atom stereocenters. The molecule has 10 rings (SSSR count). The number of fused-ring (bicyclic) bond motifs is 2. The highest BCUT2D eigenvalue weighted by Crippen LogP contribution is 2.41. The Morgan fingerprint density at radius 2 is 1.67 bits per heavy atom. The minimum absolute atomic E-state index is 0.0478. The molecule has 0 spiro atoms. The Balaban J connectivity index is 0.692. The van der Waals surface area contributed by atoms with Gasteiger partial charge in [0.1, 0.15) is 35.4 Å². The molecule has 2 atom stereocenters. The minimum atomic E-state index is -1.15. The molecule has 3 N–H and O–H groups in total. The minimum Gasteiger partial charge on any atom is -0.488 e. The van der Waals surface area contributed by atoms with Crippen molar-refractivity contribution in [2.24, 2.45) is 11.8 Å². The number of aliphatic hydroxyl groups is 1. The van der Waals surface area contributed by atoms with Gasteiger partial charge in [-0.3, -0.25) is 19.6 Å². The van der Waals surface area contributed by atoms with Crippen molar-refractivity contribution < 1.29 is 23.8 Å². The quantitative estimate of drug-likeness (QED) is 0.195. The van der Waals surface area contributed by atoms with Crippen LogP contribution in [-0.2, 0) is 11.3 Å². The van der Waals surface area contributed by atoms with E-state index in [4.69, 9.17) is 9.72 Å². The number of halogens is 1. The van der Waals surface area contributed by atoms with Crippen LogP contribution >= 0.6 is 0 Å². The number of anilines is 2. The third-order valence-electron chi connectivity index (χ3n) is 15.0. The number of aromatic nitrogens is 4. The number of hydrogen-bond acceptors (Lipinski definition) is 11. The molecule has 0 bridgehead atoms. The third-order valence-corrected chi connectivity index (χ3v) is 15.0. The average molecular weight is 835 g/mol. The lowest BCUT2D eigenvalue weighted by molar-refractivity contribution is -0.129. The van der Waals surface area contributed by atoms with E-state index in [1.165, 1.54) is 4.90 Å². The van der Waals surface area contributed by atoms with E-state index in [0.717, 1.165) is 131 Å². The fourth-order valence-corrected chi connectivity index (χ4v) is 10.7. The lowest BCUT2D eigenvalue weighted by Gasteiger charge is -2.50. The maximum Gasteiger partial charge on any atom is 0.255 e. The summed E-state index contributed by atoms with van der Waals surface area (Å²) in [5.41, 5.74) is 3.94. The Morgan fingerprint density at radius 3 is 2.41 bits per heavy atom. The van der Waals surface area contributed by atoms with Gasteiger partial charge in [-0.25, -0.2) is 14.4 Å². The number of amides is 2. The molecule has 1 aliphatic carbocycles. The van der Waals surface area contributed by atoms with E-state index in [2.05, 4.69) is 73.0 Å². The molecule has 2 amide bonds. The molecule has 5 fully saturated rings. The molecule has 14 nitrogen and oxygen atoms in total. The largest absolute Gasteiger partial charge is 0.488 e. The van der Waals surface area contributed by atoms with E-state index in [9.17, 15) is 14.7 Å². The van der Waals surface area contributed by atoms with E-state index >= 15 is 4.39 Å². The van der Waals surface area contributed by atoms with Crippen molar-refractivity contribution in [2.75, 3.05) is 68.7 Å². The molecule has 1 saturated carbocycles. The molecule has 5 aliphatic heterocycles. The molecule has 2 aromatic carbocycles. The first-order chi connectivity index (χ1) is 29.4. The smallest absolute Gasteiger partial charge is 0.255 e. The number of rotatable bonds is 10. The number of aliphatic hydroxyl groups excluding tert-OH is 1. The maximum atomic E-state index is 16.0. The molecule has 4 saturated heterocycles. The molecule has 2 aromatic heterocycles. The van der Waals surface area contributed by atoms with E-state index in [-0.39, 0.29) is 41.7 Å². The average Bonchev–Trinajstić information content (AvgIpc) is 3.68. The van der Waals surface area contributed by atoms with Crippen LogP contribution in [0, 0.1) is 17.7 Å². The van der Waals surface area contributed by atoms with Crippen LogP contribution in [0.3, 0.4) is 0 Å². The van der Waals surface area contributed by atoms with Crippen molar-refractivity contribution in [3.63, 3.8) is 0 Å². The van der Waals surface area contributed by atoms with Crippen molar-refractivity contribution in [3.05, 3.63) is 59.7 Å². The first-order valence-electron chi connectivity index (χ1n) is 22.5. The normalized spacial score (nSPS) is 24.4. The maximum absolute atomic E-state index is 16.0. The van der Waals surface area contributed by atoms with Gasteiger partial charge in [-0.2, -0.15) is 5.10 Å². The number of nitrogens with one attached hydrogen (secondary N) is 2. The summed E-state index contributed by atoms with van der Waals surface area (Å²) in [7, 11) is 0. The first kappa shape index (κ1) is 40.2. The molecule has 4 aromatic rings. The van der Waals surface area contributed by atoms with Gasteiger partial charge in [0.15, 0.2) is 5.82 Å². The molecule has 324 valence electrons. The van der Waals surface area contributed by atoms with Gasteiger partial charge in [-0.15, -0.1) is 0 Å². The number of benzene rings is 2. The van der Waals surface area contributed by atoms with Crippen molar-refractivity contribution in [1.82, 2.24) is 40.2 Å². The lowest BCUT2D eigenvalue weighted by Crippen LogP contribution is -2.59. The SMILES string of the molecule is CC1(Oc2ccc3[nH]nc(-c4cc(N5CCC(C(C)(C)N6CCN(CC7CCN(c8ccc9c(c8F)CN(C8CCC(=O)NC8O)C9=O)CC7)CC6)CC5)ncn4)c3c2)CC1. The van der Waals surface area contributed by atoms with E-state index in [1.54, 1.807) is 18.5 Å². The number of aromatic amines is 1. The van der Waals surface area contributed by atoms with Gasteiger partial charge in [-0.05, 0) is 108 Å². The molecule has 0 radical (unpaired) electrons. The zero-order chi connectivity index (χ0) is 42.0. The van der Waals surface area contributed by atoms with Crippen LogP contribution in [-0.4, -0.2) is 134 Å². The standard InChI is InChI=1S/C46H59FN10O4/c1-45(2,30-12-18-55(19-13-30)39-25-36(48-28-49-39)42-33-24-31(61-46(3)14-15-46)4-6-35(33)51-52-42)56-22-20-53(21-23-56)26-29-10-16-54(17-11-29)37-7-5-32-34(41(37)47)27-57(44(32)60)38-8-9-40(58)50-43(38)59/h4-7,24-25,28-30,38,43,59H,8-23,26-27H2,1-3H3,(H,50,58)(H,51,52). The highest BCUT2D eigenvalue weighted by Gasteiger charge is 2.43. The number of piperidine rings is 3. The van der Waals surface area contributed by atoms with Crippen LogP contribution in [0.15, 0.2) is 42.7 Å². The van der Waals surface area contributed by atoms with Gasteiger partial charge in [0.2, 0.25) is 5.91 Å². The second kappa shape index (κ2) is 15.8. The Kier molecular flexibility index (Phi) is 10.4. The van der Waals surface area contributed by atoms with Gasteiger partial charge in [-0.1, -0.05) is 0 Å². The van der Waals surface area contributed by atoms with Crippen LogP contribution < -0.4 is 19.9 Å². The van der Waals surface area contributed by atoms with Crippen molar-refractivity contribution in [1.29, 1.82) is 0 Å². The van der Waals surface area contributed by atoms with E-state index < -0.39 is 12.3 Å². The van der Waals surface area contributed by atoms with Crippen molar-refractivity contribution in [3.8, 4) is 17.1 Å². The highest BCUT2D eigenvalue weighted by atomic mass is 19.1. The summed E-state index contributed by atoms with van der Waals surface area (Å²) >= 11 is 0. The van der Waals surface area contributed by atoms with Crippen LogP contribution in [0.5, 0.6) is 5.75 Å². The summed E-state index contributed by atoms with van der Waals surface area (Å²) in [6.07, 6.45) is 7.50. The van der Waals surface area contributed by atoms with Gasteiger partial charge in [0, 0.05) is 93.4 Å². The zero-order valence-electron chi connectivity index (χ0n) is 35.7. The monoisotopic (exact) mass is 834 g/mol. The third kappa shape index (κ3) is 7.82. The number of carbonyl (C=O) groups is 2. The van der Waals surface area contributed by atoms with Crippen LogP contribution in [0.1, 0.15) is 88.1 Å². The Hall–Kier alpha value is -4.86. The summed E-state index contributed by atoms with van der Waals surface area (Å²) in [6, 6.07) is 11.1. The summed E-state index contributed by atoms with van der Waals surface area (Å²) in [6.45, 7) is 15.9. The topological polar surface area (TPSA) is 146 Å². The van der Waals surface area contributed by atoms with E-state index in [1.807, 2.05) is 12.1 Å². The van der Waals surface area contributed by atoms with E-state index in [0.29, 0.717) is 35.1 Å². The van der Waals surface area contributed by atoms with Gasteiger partial charge in [0.05, 0.1) is 29.5 Å². The Labute approximate surface area is 356 Å².